The average Bonchev–Trinajstić information content (AvgIpc) is 3.02. The van der Waals surface area contributed by atoms with Crippen molar-refractivity contribution in [3.63, 3.8) is 0 Å². The zero-order valence-corrected chi connectivity index (χ0v) is 18.4. The normalized spacial score (nSPS) is 18.3. The van der Waals surface area contributed by atoms with Crippen molar-refractivity contribution in [3.05, 3.63) is 59.2 Å². The third-order valence-corrected chi connectivity index (χ3v) is 6.96. The summed E-state index contributed by atoms with van der Waals surface area (Å²) >= 11 is 0. The van der Waals surface area contributed by atoms with Crippen LogP contribution in [0, 0.1) is 0 Å². The number of nitrogens with one attached hydrogen (secondary N) is 1. The molecule has 5 nitrogen and oxygen atoms in total. The van der Waals surface area contributed by atoms with Crippen molar-refractivity contribution in [1.82, 2.24) is 0 Å². The maximum Gasteiger partial charge on any atom is 0.389 e. The van der Waals surface area contributed by atoms with Crippen LogP contribution >= 0.6 is 12.4 Å². The molecule has 1 atom stereocenters. The fourth-order valence-corrected chi connectivity index (χ4v) is 5.40. The Hall–Kier alpha value is -1.97. The molecule has 31 heavy (non-hydrogen) atoms. The Bertz CT molecular complexity index is 1010. The van der Waals surface area contributed by atoms with Crippen LogP contribution in [-0.2, 0) is 21.9 Å². The van der Waals surface area contributed by atoms with Crippen LogP contribution in [0.15, 0.2) is 42.5 Å². The number of aryl methyl sites for hydroxylation is 1. The maximum atomic E-state index is 12.3. The van der Waals surface area contributed by atoms with Gasteiger partial charge in [0.05, 0.1) is 5.75 Å². The van der Waals surface area contributed by atoms with E-state index in [2.05, 4.69) is 4.72 Å². The van der Waals surface area contributed by atoms with Gasteiger partial charge in [0.15, 0.2) is 0 Å². The second-order valence-corrected chi connectivity index (χ2v) is 9.49. The minimum absolute atomic E-state index is 0. The van der Waals surface area contributed by atoms with Gasteiger partial charge in [0, 0.05) is 23.1 Å². The largest absolute Gasteiger partial charge is 0.508 e. The number of fused-ring (bicyclic) bond motifs is 1. The fraction of sp³-hybridized carbons (Fsp3) is 0.429. The number of sulfonamides is 1. The molecular weight excluding hydrogens is 453 g/mol. The van der Waals surface area contributed by atoms with Gasteiger partial charge in [0.1, 0.15) is 5.75 Å². The molecule has 4 N–H and O–H groups in total. The van der Waals surface area contributed by atoms with E-state index < -0.39 is 40.2 Å². The molecule has 0 spiro atoms. The van der Waals surface area contributed by atoms with Gasteiger partial charge >= 0.3 is 6.18 Å². The van der Waals surface area contributed by atoms with E-state index in [1.54, 1.807) is 6.07 Å². The number of anilines is 1. The monoisotopic (exact) mass is 478 g/mol. The van der Waals surface area contributed by atoms with Gasteiger partial charge < -0.3 is 10.8 Å². The van der Waals surface area contributed by atoms with Crippen LogP contribution in [0.2, 0.25) is 0 Å². The Kier molecular flexibility index (Phi) is 7.89. The lowest BCUT2D eigenvalue weighted by Crippen LogP contribution is -2.28. The number of hydrogen-bond acceptors (Lipinski definition) is 4. The summed E-state index contributed by atoms with van der Waals surface area (Å²) in [4.78, 5) is 0. The summed E-state index contributed by atoms with van der Waals surface area (Å²) in [6.07, 6.45) is -3.98. The van der Waals surface area contributed by atoms with Crippen molar-refractivity contribution in [2.24, 2.45) is 5.73 Å². The molecule has 10 heteroatoms. The molecule has 0 radical (unpaired) electrons. The highest BCUT2D eigenvalue weighted by molar-refractivity contribution is 7.92. The van der Waals surface area contributed by atoms with Crippen LogP contribution in [0.25, 0.3) is 0 Å². The molecule has 0 saturated heterocycles. The number of benzene rings is 2. The van der Waals surface area contributed by atoms with Gasteiger partial charge in [-0.15, -0.1) is 12.4 Å². The molecule has 3 rings (SSSR count). The zero-order valence-electron chi connectivity index (χ0n) is 16.8. The van der Waals surface area contributed by atoms with E-state index in [1.807, 2.05) is 24.3 Å². The van der Waals surface area contributed by atoms with Crippen molar-refractivity contribution >= 4 is 28.1 Å². The van der Waals surface area contributed by atoms with Crippen LogP contribution in [0.5, 0.6) is 5.75 Å². The molecule has 0 unspecified atom stereocenters. The molecule has 1 aliphatic carbocycles. The quantitative estimate of drug-likeness (QED) is 0.488. The molecule has 0 aromatic heterocycles. The van der Waals surface area contributed by atoms with Crippen molar-refractivity contribution < 1.29 is 26.7 Å². The predicted octanol–water partition coefficient (Wildman–Crippen LogP) is 4.48. The molecule has 0 amide bonds. The number of nitrogens with two attached hydrogens (primary N) is 1. The third kappa shape index (κ3) is 5.84. The fourth-order valence-electron chi connectivity index (χ4n) is 4.28. The molecule has 0 aliphatic heterocycles. The average molecular weight is 479 g/mol. The first-order valence-electron chi connectivity index (χ1n) is 9.75. The Morgan fingerprint density at radius 1 is 1.13 bits per heavy atom. The van der Waals surface area contributed by atoms with Gasteiger partial charge in [-0.25, -0.2) is 8.42 Å². The van der Waals surface area contributed by atoms with Crippen molar-refractivity contribution in [3.8, 4) is 5.75 Å². The number of halogens is 4. The lowest BCUT2D eigenvalue weighted by molar-refractivity contribution is -0.134. The van der Waals surface area contributed by atoms with Crippen molar-refractivity contribution in [2.45, 2.75) is 43.7 Å². The smallest absolute Gasteiger partial charge is 0.389 e. The van der Waals surface area contributed by atoms with E-state index in [4.69, 9.17) is 5.73 Å². The highest BCUT2D eigenvalue weighted by atomic mass is 35.5. The summed E-state index contributed by atoms with van der Waals surface area (Å²) in [5, 5.41) is 10.6. The van der Waals surface area contributed by atoms with Crippen molar-refractivity contribution in [1.29, 1.82) is 0 Å². The molecule has 0 heterocycles. The molecule has 1 aliphatic rings. The summed E-state index contributed by atoms with van der Waals surface area (Å²) < 4.78 is 63.8. The second-order valence-electron chi connectivity index (χ2n) is 7.65. The maximum absolute atomic E-state index is 12.3. The van der Waals surface area contributed by atoms with E-state index in [-0.39, 0.29) is 23.8 Å². The lowest BCUT2D eigenvalue weighted by Gasteiger charge is -2.32. The number of phenols is 1. The Morgan fingerprint density at radius 3 is 2.52 bits per heavy atom. The van der Waals surface area contributed by atoms with E-state index in [0.717, 1.165) is 24.0 Å². The molecule has 0 saturated carbocycles. The summed E-state index contributed by atoms with van der Waals surface area (Å²) in [5.74, 6) is -0.611. The summed E-state index contributed by atoms with van der Waals surface area (Å²) in [5.41, 5.74) is 8.31. The minimum Gasteiger partial charge on any atom is -0.508 e. The molecule has 0 fully saturated rings. The molecule has 0 bridgehead atoms. The van der Waals surface area contributed by atoms with Crippen molar-refractivity contribution in [2.75, 3.05) is 17.0 Å². The van der Waals surface area contributed by atoms with Crippen LogP contribution in [-0.4, -0.2) is 32.0 Å². The topological polar surface area (TPSA) is 92.4 Å². The second kappa shape index (κ2) is 9.67. The van der Waals surface area contributed by atoms with Crippen LogP contribution < -0.4 is 10.5 Å². The van der Waals surface area contributed by atoms with Gasteiger partial charge in [0.2, 0.25) is 10.0 Å². The first-order valence-corrected chi connectivity index (χ1v) is 11.4. The molecule has 2 aromatic rings. The molecule has 172 valence electrons. The molecule has 2 aromatic carbocycles. The first kappa shape index (κ1) is 25.3. The van der Waals surface area contributed by atoms with Crippen LogP contribution in [0.4, 0.5) is 18.9 Å². The van der Waals surface area contributed by atoms with Gasteiger partial charge in [-0.3, -0.25) is 4.72 Å². The zero-order chi connectivity index (χ0) is 22.0. The van der Waals surface area contributed by atoms with Crippen LogP contribution in [0.1, 0.15) is 42.4 Å². The minimum atomic E-state index is -4.40. The summed E-state index contributed by atoms with van der Waals surface area (Å²) in [6, 6.07) is 12.2. The van der Waals surface area contributed by atoms with Gasteiger partial charge in [-0.2, -0.15) is 13.2 Å². The van der Waals surface area contributed by atoms with Gasteiger partial charge in [0.25, 0.3) is 0 Å². The van der Waals surface area contributed by atoms with E-state index in [9.17, 15) is 26.7 Å². The number of hydrogen-bond donors (Lipinski definition) is 3. The summed E-state index contributed by atoms with van der Waals surface area (Å²) in [7, 11) is -3.96. The Balaban J connectivity index is 0.00000341. The third-order valence-electron chi connectivity index (χ3n) is 5.58. The first-order chi connectivity index (χ1) is 14.1. The number of rotatable bonds is 8. The highest BCUT2D eigenvalue weighted by Crippen LogP contribution is 2.49. The van der Waals surface area contributed by atoms with Gasteiger partial charge in [-0.1, -0.05) is 24.3 Å². The number of alkyl halides is 3. The van der Waals surface area contributed by atoms with Gasteiger partial charge in [-0.05, 0) is 61.6 Å². The van der Waals surface area contributed by atoms with E-state index >= 15 is 0 Å². The Morgan fingerprint density at radius 2 is 1.84 bits per heavy atom. The Labute approximate surface area is 186 Å². The standard InChI is InChI=1S/C21H25F3N2O3S.ClH/c22-21(23,24)9-3-13-30(28,29)26-16-6-7-19(27)18(14-16)20(11-12-25)10-8-15-4-1-2-5-17(15)20;/h1-2,4-7,14,26-27H,3,8-13,25H2;1H/t20-;/m1./s1. The van der Waals surface area contributed by atoms with E-state index in [0.29, 0.717) is 18.5 Å². The van der Waals surface area contributed by atoms with Crippen LogP contribution in [0.3, 0.4) is 0 Å². The molecular formula is C21H26ClF3N2O3S. The lowest BCUT2D eigenvalue weighted by atomic mass is 9.72. The SMILES string of the molecule is Cl.NCC[C@]1(c2cc(NS(=O)(=O)CCCC(F)(F)F)ccc2O)CCc2ccccc21. The van der Waals surface area contributed by atoms with E-state index in [1.165, 1.54) is 12.1 Å². The highest BCUT2D eigenvalue weighted by Gasteiger charge is 2.41. The number of aromatic hydroxyl groups is 1. The summed E-state index contributed by atoms with van der Waals surface area (Å²) in [6.45, 7) is 0.376. The number of phenolic OH excluding ortho intramolecular Hbond substituents is 1. The predicted molar refractivity (Wildman–Crippen MR) is 117 cm³/mol.